The molecule has 3 heterocycles. The third-order valence-electron chi connectivity index (χ3n) is 7.76. The van der Waals surface area contributed by atoms with Gasteiger partial charge in [-0.05, 0) is 91.8 Å². The molecule has 0 radical (unpaired) electrons. The maximum absolute atomic E-state index is 12.5. The maximum Gasteiger partial charge on any atom is 0.262 e. The molecule has 7 nitrogen and oxygen atoms in total. The molecule has 1 amide bonds. The van der Waals surface area contributed by atoms with Gasteiger partial charge in [0.15, 0.2) is 11.7 Å². The standard InChI is InChI=1S/C35H33N5O2S/c1-24-21-30(25(2)39(24)22-26-11-5-3-6-12-26)34-33(31-15-9-10-20-36-31)38-35(43)40(34)28-18-16-27(17-19-28)37-32(41)23-42-29-13-7-4-8-14-29/h3-21,33-34H,22-23H2,1-2H3,(H,37,41)(H,38,43). The first-order valence-corrected chi connectivity index (χ1v) is 14.7. The molecule has 0 aliphatic carbocycles. The number of thiocarbonyl (C=S) groups is 1. The number of rotatable bonds is 9. The number of nitrogens with zero attached hydrogens (tertiary/aromatic N) is 3. The summed E-state index contributed by atoms with van der Waals surface area (Å²) in [6, 6.07) is 35.5. The summed E-state index contributed by atoms with van der Waals surface area (Å²) < 4.78 is 7.94. The molecule has 1 aliphatic rings. The third-order valence-corrected chi connectivity index (χ3v) is 8.07. The van der Waals surface area contributed by atoms with Crippen LogP contribution in [0.15, 0.2) is 115 Å². The normalized spacial score (nSPS) is 16.1. The molecule has 2 aromatic heterocycles. The van der Waals surface area contributed by atoms with Gasteiger partial charge in [0.2, 0.25) is 0 Å². The zero-order valence-corrected chi connectivity index (χ0v) is 24.9. The summed E-state index contributed by atoms with van der Waals surface area (Å²) in [5.41, 5.74) is 7.34. The first-order chi connectivity index (χ1) is 21.0. The molecule has 0 spiro atoms. The Bertz CT molecular complexity index is 1710. The maximum atomic E-state index is 12.5. The molecule has 2 N–H and O–H groups in total. The van der Waals surface area contributed by atoms with E-state index in [-0.39, 0.29) is 24.6 Å². The van der Waals surface area contributed by atoms with Crippen molar-refractivity contribution < 1.29 is 9.53 Å². The largest absolute Gasteiger partial charge is 0.484 e. The molecule has 0 saturated carbocycles. The summed E-state index contributed by atoms with van der Waals surface area (Å²) in [6.45, 7) is 5.05. The summed E-state index contributed by atoms with van der Waals surface area (Å²) in [4.78, 5) is 19.4. The lowest BCUT2D eigenvalue weighted by Gasteiger charge is -2.28. The Morgan fingerprint density at radius 3 is 2.33 bits per heavy atom. The molecular formula is C35H33N5O2S. The van der Waals surface area contributed by atoms with E-state index < -0.39 is 0 Å². The number of aryl methyl sites for hydroxylation is 1. The van der Waals surface area contributed by atoms with Gasteiger partial charge in [0, 0.05) is 35.5 Å². The summed E-state index contributed by atoms with van der Waals surface area (Å²) in [5.74, 6) is 0.425. The zero-order chi connectivity index (χ0) is 29.8. The van der Waals surface area contributed by atoms with Crippen LogP contribution < -0.4 is 20.3 Å². The predicted octanol–water partition coefficient (Wildman–Crippen LogP) is 6.74. The van der Waals surface area contributed by atoms with Gasteiger partial charge in [0.05, 0.1) is 17.8 Å². The fourth-order valence-electron chi connectivity index (χ4n) is 5.65. The van der Waals surface area contributed by atoms with Gasteiger partial charge < -0.3 is 24.8 Å². The molecule has 2 atom stereocenters. The molecule has 6 rings (SSSR count). The van der Waals surface area contributed by atoms with Crippen LogP contribution in [0.3, 0.4) is 0 Å². The van der Waals surface area contributed by atoms with Crippen molar-refractivity contribution in [1.29, 1.82) is 0 Å². The lowest BCUT2D eigenvalue weighted by atomic mass is 9.96. The van der Waals surface area contributed by atoms with E-state index in [0.717, 1.165) is 17.9 Å². The number of ether oxygens (including phenoxy) is 1. The molecule has 43 heavy (non-hydrogen) atoms. The van der Waals surface area contributed by atoms with Gasteiger partial charge in [-0.15, -0.1) is 0 Å². The predicted molar refractivity (Wildman–Crippen MR) is 174 cm³/mol. The highest BCUT2D eigenvalue weighted by Gasteiger charge is 2.42. The Labute approximate surface area is 257 Å². The molecular weight excluding hydrogens is 554 g/mol. The molecule has 0 bridgehead atoms. The molecule has 3 aromatic carbocycles. The zero-order valence-electron chi connectivity index (χ0n) is 24.1. The van der Waals surface area contributed by atoms with Gasteiger partial charge in [-0.1, -0.05) is 54.6 Å². The Kier molecular flexibility index (Phi) is 8.20. The minimum Gasteiger partial charge on any atom is -0.484 e. The van der Waals surface area contributed by atoms with Crippen LogP contribution in [0.1, 0.15) is 40.3 Å². The molecule has 1 saturated heterocycles. The van der Waals surface area contributed by atoms with Crippen LogP contribution in [0.2, 0.25) is 0 Å². The summed E-state index contributed by atoms with van der Waals surface area (Å²) in [5, 5.41) is 7.10. The number of hydrogen-bond acceptors (Lipinski definition) is 4. The second kappa shape index (κ2) is 12.5. The van der Waals surface area contributed by atoms with Crippen LogP contribution in [0.5, 0.6) is 5.75 Å². The second-order valence-corrected chi connectivity index (χ2v) is 11.0. The van der Waals surface area contributed by atoms with Gasteiger partial charge in [-0.2, -0.15) is 0 Å². The molecule has 1 fully saturated rings. The van der Waals surface area contributed by atoms with Gasteiger partial charge in [0.25, 0.3) is 5.91 Å². The van der Waals surface area contributed by atoms with Gasteiger partial charge in [-0.25, -0.2) is 0 Å². The van der Waals surface area contributed by atoms with E-state index in [1.54, 1.807) is 0 Å². The highest BCUT2D eigenvalue weighted by Crippen LogP contribution is 2.43. The van der Waals surface area contributed by atoms with Gasteiger partial charge in [-0.3, -0.25) is 9.78 Å². The Balaban J connectivity index is 1.28. The van der Waals surface area contributed by atoms with Crippen LogP contribution in [-0.4, -0.2) is 27.2 Å². The minimum atomic E-state index is -0.228. The number of hydrogen-bond donors (Lipinski definition) is 2. The number of aromatic nitrogens is 2. The Hall–Kier alpha value is -4.95. The van der Waals surface area contributed by atoms with Crippen molar-refractivity contribution >= 4 is 34.6 Å². The molecule has 216 valence electrons. The van der Waals surface area contributed by atoms with Crippen molar-refractivity contribution in [3.05, 3.63) is 144 Å². The van der Waals surface area contributed by atoms with Crippen molar-refractivity contribution in [2.24, 2.45) is 0 Å². The number of benzene rings is 3. The third kappa shape index (κ3) is 6.15. The Morgan fingerprint density at radius 1 is 0.930 bits per heavy atom. The van der Waals surface area contributed by atoms with Gasteiger partial charge in [0.1, 0.15) is 5.75 Å². The SMILES string of the molecule is Cc1cc(C2C(c3ccccn3)NC(=S)N2c2ccc(NC(=O)COc3ccccc3)cc2)c(C)n1Cc1ccccc1. The van der Waals surface area contributed by atoms with Crippen molar-refractivity contribution in [3.8, 4) is 5.75 Å². The van der Waals surface area contributed by atoms with E-state index in [2.05, 4.69) is 64.3 Å². The fraction of sp³-hybridized carbons (Fsp3) is 0.171. The molecule has 8 heteroatoms. The summed E-state index contributed by atoms with van der Waals surface area (Å²) >= 11 is 5.94. The second-order valence-electron chi connectivity index (χ2n) is 10.6. The van der Waals surface area contributed by atoms with E-state index >= 15 is 0 Å². The van der Waals surface area contributed by atoms with E-state index in [9.17, 15) is 4.79 Å². The highest BCUT2D eigenvalue weighted by molar-refractivity contribution is 7.80. The first kappa shape index (κ1) is 28.2. The fourth-order valence-corrected chi connectivity index (χ4v) is 6.00. The summed E-state index contributed by atoms with van der Waals surface area (Å²) in [7, 11) is 0. The van der Waals surface area contributed by atoms with E-state index in [1.807, 2.05) is 85.1 Å². The van der Waals surface area contributed by atoms with Crippen molar-refractivity contribution in [2.45, 2.75) is 32.5 Å². The van der Waals surface area contributed by atoms with E-state index in [4.69, 9.17) is 21.9 Å². The van der Waals surface area contributed by atoms with Crippen LogP contribution in [0.25, 0.3) is 0 Å². The number of carbonyl (C=O) groups excluding carboxylic acids is 1. The number of nitrogens with one attached hydrogen (secondary N) is 2. The molecule has 2 unspecified atom stereocenters. The minimum absolute atomic E-state index is 0.0711. The summed E-state index contributed by atoms with van der Waals surface area (Å²) in [6.07, 6.45) is 1.82. The van der Waals surface area contributed by atoms with Crippen molar-refractivity contribution in [1.82, 2.24) is 14.9 Å². The average molecular weight is 588 g/mol. The number of para-hydroxylation sites is 1. The van der Waals surface area contributed by atoms with Gasteiger partial charge >= 0.3 is 0 Å². The van der Waals surface area contributed by atoms with Crippen LogP contribution in [-0.2, 0) is 11.3 Å². The smallest absolute Gasteiger partial charge is 0.262 e. The number of amides is 1. The lowest BCUT2D eigenvalue weighted by molar-refractivity contribution is -0.118. The Morgan fingerprint density at radius 2 is 1.63 bits per heavy atom. The van der Waals surface area contributed by atoms with Crippen molar-refractivity contribution in [2.75, 3.05) is 16.8 Å². The highest BCUT2D eigenvalue weighted by atomic mass is 32.1. The number of carbonyl (C=O) groups is 1. The van der Waals surface area contributed by atoms with Crippen LogP contribution >= 0.6 is 12.2 Å². The molecule has 1 aliphatic heterocycles. The van der Waals surface area contributed by atoms with E-state index in [1.165, 1.54) is 22.5 Å². The number of anilines is 2. The van der Waals surface area contributed by atoms with Crippen LogP contribution in [0, 0.1) is 13.8 Å². The lowest BCUT2D eigenvalue weighted by Crippen LogP contribution is -2.29. The van der Waals surface area contributed by atoms with Crippen LogP contribution in [0.4, 0.5) is 11.4 Å². The first-order valence-electron chi connectivity index (χ1n) is 14.3. The monoisotopic (exact) mass is 587 g/mol. The average Bonchev–Trinajstić information content (AvgIpc) is 3.52. The van der Waals surface area contributed by atoms with E-state index in [0.29, 0.717) is 16.5 Å². The quantitative estimate of drug-likeness (QED) is 0.186. The molecule has 5 aromatic rings. The topological polar surface area (TPSA) is 71.4 Å². The van der Waals surface area contributed by atoms with Crippen molar-refractivity contribution in [3.63, 3.8) is 0 Å². The number of pyridine rings is 1.